The van der Waals surface area contributed by atoms with Crippen LogP contribution in [-0.4, -0.2) is 23.8 Å². The highest BCUT2D eigenvalue weighted by molar-refractivity contribution is 9.10. The van der Waals surface area contributed by atoms with Gasteiger partial charge in [-0.15, -0.1) is 0 Å². The molecule has 0 radical (unpaired) electrons. The maximum Gasteiger partial charge on any atom is 0.335 e. The fourth-order valence-corrected chi connectivity index (χ4v) is 1.43. The van der Waals surface area contributed by atoms with Crippen molar-refractivity contribution in [3.05, 3.63) is 34.3 Å². The zero-order valence-electron chi connectivity index (χ0n) is 8.44. The number of hydrogen-bond donors (Lipinski definition) is 1. The zero-order valence-corrected chi connectivity index (χ0v) is 10.0. The Morgan fingerprint density at radius 3 is 2.60 bits per heavy atom. The Labute approximate surface area is 97.2 Å². The topological polar surface area (TPSA) is 46.5 Å². The van der Waals surface area contributed by atoms with Gasteiger partial charge in [-0.3, -0.25) is 0 Å². The summed E-state index contributed by atoms with van der Waals surface area (Å²) in [4.78, 5) is 11.1. The Morgan fingerprint density at radius 2 is 2.07 bits per heavy atom. The summed E-state index contributed by atoms with van der Waals surface area (Å²) in [5.74, 6) is -0.569. The molecule has 0 spiro atoms. The first-order valence-corrected chi connectivity index (χ1v) is 5.52. The van der Waals surface area contributed by atoms with Crippen molar-refractivity contribution in [1.29, 1.82) is 0 Å². The number of esters is 1. The van der Waals surface area contributed by atoms with E-state index < -0.39 is 12.1 Å². The third kappa shape index (κ3) is 4.01. The average Bonchev–Trinajstić information content (AvgIpc) is 2.22. The van der Waals surface area contributed by atoms with Crippen molar-refractivity contribution in [2.75, 3.05) is 6.61 Å². The minimum Gasteiger partial charge on any atom is -0.464 e. The van der Waals surface area contributed by atoms with Crippen LogP contribution in [0.15, 0.2) is 28.7 Å². The van der Waals surface area contributed by atoms with Gasteiger partial charge in [0.2, 0.25) is 0 Å². The third-order valence-corrected chi connectivity index (χ3v) is 2.43. The molecular formula is C11H13BrO3. The van der Waals surface area contributed by atoms with Gasteiger partial charge in [-0.2, -0.15) is 0 Å². The first-order valence-electron chi connectivity index (χ1n) is 4.72. The van der Waals surface area contributed by atoms with Crippen LogP contribution in [0.1, 0.15) is 12.5 Å². The predicted octanol–water partition coefficient (Wildman–Crippen LogP) is 1.92. The number of aliphatic hydroxyl groups excluding tert-OH is 1. The first-order chi connectivity index (χ1) is 7.13. The van der Waals surface area contributed by atoms with Crippen LogP contribution < -0.4 is 0 Å². The molecule has 0 aromatic heterocycles. The second-order valence-electron chi connectivity index (χ2n) is 3.10. The van der Waals surface area contributed by atoms with Crippen molar-refractivity contribution >= 4 is 21.9 Å². The van der Waals surface area contributed by atoms with Crippen molar-refractivity contribution in [3.8, 4) is 0 Å². The molecule has 1 aromatic rings. The van der Waals surface area contributed by atoms with Crippen molar-refractivity contribution in [1.82, 2.24) is 0 Å². The van der Waals surface area contributed by atoms with E-state index in [1.54, 1.807) is 6.92 Å². The number of hydrogen-bond acceptors (Lipinski definition) is 3. The molecule has 0 bridgehead atoms. The molecule has 4 heteroatoms. The van der Waals surface area contributed by atoms with E-state index in [-0.39, 0.29) is 13.0 Å². The Bertz CT molecular complexity index is 321. The minimum atomic E-state index is -1.08. The second-order valence-corrected chi connectivity index (χ2v) is 4.01. The SMILES string of the molecule is CCOC(=O)C(O)Cc1ccc(Br)cc1. The summed E-state index contributed by atoms with van der Waals surface area (Å²) in [5, 5.41) is 9.49. The van der Waals surface area contributed by atoms with Gasteiger partial charge >= 0.3 is 5.97 Å². The fourth-order valence-electron chi connectivity index (χ4n) is 1.17. The number of benzene rings is 1. The molecule has 0 saturated heterocycles. The minimum absolute atomic E-state index is 0.284. The Kier molecular flexibility index (Phi) is 4.78. The molecule has 0 aliphatic heterocycles. The fraction of sp³-hybridized carbons (Fsp3) is 0.364. The quantitative estimate of drug-likeness (QED) is 0.852. The highest BCUT2D eigenvalue weighted by Crippen LogP contribution is 2.12. The lowest BCUT2D eigenvalue weighted by atomic mass is 10.1. The van der Waals surface area contributed by atoms with Gasteiger partial charge in [0.1, 0.15) is 0 Å². The van der Waals surface area contributed by atoms with E-state index in [2.05, 4.69) is 15.9 Å². The highest BCUT2D eigenvalue weighted by Gasteiger charge is 2.16. The van der Waals surface area contributed by atoms with E-state index in [0.717, 1.165) is 10.0 Å². The van der Waals surface area contributed by atoms with Crippen molar-refractivity contribution in [3.63, 3.8) is 0 Å². The van der Waals surface area contributed by atoms with E-state index in [1.165, 1.54) is 0 Å². The van der Waals surface area contributed by atoms with Gasteiger partial charge in [0.15, 0.2) is 6.10 Å². The number of aliphatic hydroxyl groups is 1. The number of carbonyl (C=O) groups is 1. The monoisotopic (exact) mass is 272 g/mol. The summed E-state index contributed by atoms with van der Waals surface area (Å²) in [6, 6.07) is 7.44. The van der Waals surface area contributed by atoms with Gasteiger partial charge in [0, 0.05) is 10.9 Å². The molecule has 0 saturated carbocycles. The molecule has 0 aliphatic rings. The third-order valence-electron chi connectivity index (χ3n) is 1.90. The molecule has 15 heavy (non-hydrogen) atoms. The normalized spacial score (nSPS) is 12.2. The lowest BCUT2D eigenvalue weighted by Gasteiger charge is -2.09. The lowest BCUT2D eigenvalue weighted by molar-refractivity contribution is -0.152. The Morgan fingerprint density at radius 1 is 1.47 bits per heavy atom. The van der Waals surface area contributed by atoms with Crippen LogP contribution in [0, 0.1) is 0 Å². The summed E-state index contributed by atoms with van der Waals surface area (Å²) in [6.45, 7) is 2.00. The van der Waals surface area contributed by atoms with Crippen LogP contribution in [0.25, 0.3) is 0 Å². The number of carbonyl (C=O) groups excluding carboxylic acids is 1. The first kappa shape index (κ1) is 12.2. The maximum atomic E-state index is 11.1. The molecule has 1 N–H and O–H groups in total. The number of rotatable bonds is 4. The van der Waals surface area contributed by atoms with Gasteiger partial charge < -0.3 is 9.84 Å². The smallest absolute Gasteiger partial charge is 0.335 e. The van der Waals surface area contributed by atoms with E-state index >= 15 is 0 Å². The van der Waals surface area contributed by atoms with E-state index in [1.807, 2.05) is 24.3 Å². The average molecular weight is 273 g/mol. The Hall–Kier alpha value is -0.870. The summed E-state index contributed by atoms with van der Waals surface area (Å²) < 4.78 is 5.67. The molecule has 0 amide bonds. The molecule has 82 valence electrons. The largest absolute Gasteiger partial charge is 0.464 e. The molecule has 1 unspecified atom stereocenters. The predicted molar refractivity (Wildman–Crippen MR) is 60.5 cm³/mol. The van der Waals surface area contributed by atoms with Crippen LogP contribution in [0.5, 0.6) is 0 Å². The van der Waals surface area contributed by atoms with E-state index in [4.69, 9.17) is 4.74 Å². The highest BCUT2D eigenvalue weighted by atomic mass is 79.9. The van der Waals surface area contributed by atoms with Crippen molar-refractivity contribution in [2.45, 2.75) is 19.4 Å². The van der Waals surface area contributed by atoms with Gasteiger partial charge in [-0.1, -0.05) is 28.1 Å². The summed E-state index contributed by atoms with van der Waals surface area (Å²) in [7, 11) is 0. The number of ether oxygens (including phenoxy) is 1. The molecule has 1 aromatic carbocycles. The second kappa shape index (κ2) is 5.88. The van der Waals surface area contributed by atoms with Gasteiger partial charge in [0.25, 0.3) is 0 Å². The van der Waals surface area contributed by atoms with E-state index in [0.29, 0.717) is 0 Å². The van der Waals surface area contributed by atoms with Crippen LogP contribution >= 0.6 is 15.9 Å². The standard InChI is InChI=1S/C11H13BrO3/c1-2-15-11(14)10(13)7-8-3-5-9(12)6-4-8/h3-6,10,13H,2,7H2,1H3. The lowest BCUT2D eigenvalue weighted by Crippen LogP contribution is -2.25. The summed E-state index contributed by atoms with van der Waals surface area (Å²) in [5.41, 5.74) is 0.902. The van der Waals surface area contributed by atoms with Gasteiger partial charge in [0.05, 0.1) is 6.61 Å². The molecule has 1 atom stereocenters. The molecule has 0 heterocycles. The zero-order chi connectivity index (χ0) is 11.3. The van der Waals surface area contributed by atoms with Gasteiger partial charge in [-0.25, -0.2) is 4.79 Å². The van der Waals surface area contributed by atoms with Crippen LogP contribution in [0.2, 0.25) is 0 Å². The van der Waals surface area contributed by atoms with Crippen LogP contribution in [0.3, 0.4) is 0 Å². The molecule has 1 rings (SSSR count). The Balaban J connectivity index is 2.54. The molecule has 3 nitrogen and oxygen atoms in total. The van der Waals surface area contributed by atoms with Gasteiger partial charge in [-0.05, 0) is 24.6 Å². The van der Waals surface area contributed by atoms with E-state index in [9.17, 15) is 9.90 Å². The summed E-state index contributed by atoms with van der Waals surface area (Å²) >= 11 is 3.31. The number of halogens is 1. The molecular weight excluding hydrogens is 260 g/mol. The van der Waals surface area contributed by atoms with Crippen LogP contribution in [-0.2, 0) is 16.0 Å². The molecule has 0 fully saturated rings. The van der Waals surface area contributed by atoms with Crippen molar-refractivity contribution in [2.24, 2.45) is 0 Å². The maximum absolute atomic E-state index is 11.1. The van der Waals surface area contributed by atoms with Crippen molar-refractivity contribution < 1.29 is 14.6 Å². The molecule has 0 aliphatic carbocycles. The summed E-state index contributed by atoms with van der Waals surface area (Å²) in [6.07, 6.45) is -0.794. The van der Waals surface area contributed by atoms with Crippen LogP contribution in [0.4, 0.5) is 0 Å².